The van der Waals surface area contributed by atoms with Gasteiger partial charge in [0.05, 0.1) is 0 Å². The molecule has 3 heteroatoms. The predicted molar refractivity (Wildman–Crippen MR) is 58.8 cm³/mol. The molecule has 0 amide bonds. The molecule has 0 atom stereocenters. The van der Waals surface area contributed by atoms with Crippen LogP contribution < -0.4 is 4.90 Å². The van der Waals surface area contributed by atoms with Gasteiger partial charge in [-0.3, -0.25) is 5.41 Å². The predicted octanol–water partition coefficient (Wildman–Crippen LogP) is 1.76. The highest BCUT2D eigenvalue weighted by atomic mass is 15.4. The van der Waals surface area contributed by atoms with E-state index >= 15 is 0 Å². The molecular weight excluding hydrogens is 174 g/mol. The zero-order valence-corrected chi connectivity index (χ0v) is 8.40. The van der Waals surface area contributed by atoms with Gasteiger partial charge in [-0.05, 0) is 18.6 Å². The minimum absolute atomic E-state index is 0.599. The highest BCUT2D eigenvalue weighted by Crippen LogP contribution is 2.17. The summed E-state index contributed by atoms with van der Waals surface area (Å²) in [6.45, 7) is 1.94. The molecule has 3 nitrogen and oxygen atoms in total. The number of rotatable bonds is 1. The van der Waals surface area contributed by atoms with E-state index in [4.69, 9.17) is 5.41 Å². The third-order valence-electron chi connectivity index (χ3n) is 2.56. The SMILES string of the molecule is CN1CCCN(c2ccccc2)C1=N. The molecule has 1 fully saturated rings. The first-order valence-electron chi connectivity index (χ1n) is 4.91. The Hall–Kier alpha value is -1.51. The summed E-state index contributed by atoms with van der Waals surface area (Å²) in [7, 11) is 1.97. The second-order valence-corrected chi connectivity index (χ2v) is 3.59. The lowest BCUT2D eigenvalue weighted by Crippen LogP contribution is -2.48. The standard InChI is InChI=1S/C11H15N3/c1-13-8-5-9-14(11(13)12)10-6-3-2-4-7-10/h2-4,6-7,12H,5,8-9H2,1H3. The van der Waals surface area contributed by atoms with Crippen molar-refractivity contribution in [1.82, 2.24) is 4.90 Å². The molecule has 2 rings (SSSR count). The van der Waals surface area contributed by atoms with E-state index in [1.807, 2.05) is 47.2 Å². The van der Waals surface area contributed by atoms with Crippen molar-refractivity contribution in [1.29, 1.82) is 5.41 Å². The fourth-order valence-electron chi connectivity index (χ4n) is 1.74. The average molecular weight is 189 g/mol. The topological polar surface area (TPSA) is 30.3 Å². The quantitative estimate of drug-likeness (QED) is 0.729. The van der Waals surface area contributed by atoms with Crippen molar-refractivity contribution >= 4 is 11.6 Å². The van der Waals surface area contributed by atoms with Crippen molar-refractivity contribution in [3.8, 4) is 0 Å². The Morgan fingerprint density at radius 1 is 1.14 bits per heavy atom. The molecule has 0 aromatic heterocycles. The van der Waals surface area contributed by atoms with E-state index in [-0.39, 0.29) is 0 Å². The van der Waals surface area contributed by atoms with Crippen molar-refractivity contribution in [2.75, 3.05) is 25.0 Å². The van der Waals surface area contributed by atoms with Crippen LogP contribution in [-0.2, 0) is 0 Å². The smallest absolute Gasteiger partial charge is 0.198 e. The first-order valence-corrected chi connectivity index (χ1v) is 4.91. The number of hydrogen-bond acceptors (Lipinski definition) is 1. The molecule has 1 aromatic rings. The van der Waals surface area contributed by atoms with Gasteiger partial charge in [0.2, 0.25) is 0 Å². The minimum atomic E-state index is 0.599. The van der Waals surface area contributed by atoms with Crippen molar-refractivity contribution in [2.45, 2.75) is 6.42 Å². The number of nitrogens with one attached hydrogen (secondary N) is 1. The monoisotopic (exact) mass is 189 g/mol. The molecule has 1 aliphatic heterocycles. The molecule has 74 valence electrons. The van der Waals surface area contributed by atoms with E-state index in [9.17, 15) is 0 Å². The largest absolute Gasteiger partial charge is 0.346 e. The van der Waals surface area contributed by atoms with Crippen molar-refractivity contribution in [3.63, 3.8) is 0 Å². The van der Waals surface area contributed by atoms with E-state index in [1.54, 1.807) is 0 Å². The number of hydrogen-bond donors (Lipinski definition) is 1. The Bertz CT molecular complexity index is 321. The number of anilines is 1. The Labute approximate surface area is 84.5 Å². The van der Waals surface area contributed by atoms with Crippen LogP contribution >= 0.6 is 0 Å². The number of nitrogens with zero attached hydrogens (tertiary/aromatic N) is 2. The Kier molecular flexibility index (Phi) is 2.39. The van der Waals surface area contributed by atoms with Crippen molar-refractivity contribution in [3.05, 3.63) is 30.3 Å². The molecule has 0 unspecified atom stereocenters. The van der Waals surface area contributed by atoms with Gasteiger partial charge in [0.25, 0.3) is 0 Å². The maximum absolute atomic E-state index is 7.94. The van der Waals surface area contributed by atoms with E-state index in [2.05, 4.69) is 0 Å². The number of guanidine groups is 1. The van der Waals surface area contributed by atoms with Crippen LogP contribution in [0, 0.1) is 5.41 Å². The average Bonchev–Trinajstić information content (AvgIpc) is 2.23. The zero-order valence-electron chi connectivity index (χ0n) is 8.40. The van der Waals surface area contributed by atoms with Crippen LogP contribution in [-0.4, -0.2) is 31.0 Å². The Morgan fingerprint density at radius 3 is 2.57 bits per heavy atom. The molecule has 0 aliphatic carbocycles. The summed E-state index contributed by atoms with van der Waals surface area (Å²) in [6, 6.07) is 10.1. The lowest BCUT2D eigenvalue weighted by Gasteiger charge is -2.36. The Balaban J connectivity index is 2.22. The van der Waals surface area contributed by atoms with E-state index in [1.165, 1.54) is 0 Å². The number of benzene rings is 1. The lowest BCUT2D eigenvalue weighted by atomic mass is 10.2. The fourth-order valence-corrected chi connectivity index (χ4v) is 1.74. The molecule has 1 aliphatic rings. The second-order valence-electron chi connectivity index (χ2n) is 3.59. The van der Waals surface area contributed by atoms with Gasteiger partial charge in [-0.15, -0.1) is 0 Å². The zero-order chi connectivity index (χ0) is 9.97. The van der Waals surface area contributed by atoms with Crippen LogP contribution in [0.5, 0.6) is 0 Å². The van der Waals surface area contributed by atoms with Gasteiger partial charge in [0.1, 0.15) is 0 Å². The van der Waals surface area contributed by atoms with Gasteiger partial charge in [0, 0.05) is 25.8 Å². The first-order chi connectivity index (χ1) is 6.79. The summed E-state index contributed by atoms with van der Waals surface area (Å²) >= 11 is 0. The lowest BCUT2D eigenvalue weighted by molar-refractivity contribution is 0.447. The minimum Gasteiger partial charge on any atom is -0.346 e. The summed E-state index contributed by atoms with van der Waals surface area (Å²) < 4.78 is 0. The Morgan fingerprint density at radius 2 is 1.86 bits per heavy atom. The highest BCUT2D eigenvalue weighted by molar-refractivity contribution is 5.94. The molecule has 0 saturated carbocycles. The molecule has 1 heterocycles. The third-order valence-corrected chi connectivity index (χ3v) is 2.56. The molecule has 0 radical (unpaired) electrons. The molecular formula is C11H15N3. The molecule has 14 heavy (non-hydrogen) atoms. The summed E-state index contributed by atoms with van der Waals surface area (Å²) in [5.41, 5.74) is 1.11. The van der Waals surface area contributed by atoms with Gasteiger partial charge < -0.3 is 9.80 Å². The van der Waals surface area contributed by atoms with E-state index in [0.717, 1.165) is 25.2 Å². The molecule has 0 bridgehead atoms. The van der Waals surface area contributed by atoms with Crippen LogP contribution in [0.25, 0.3) is 0 Å². The molecule has 0 spiro atoms. The normalized spacial score (nSPS) is 17.4. The fraction of sp³-hybridized carbons (Fsp3) is 0.364. The van der Waals surface area contributed by atoms with Crippen LogP contribution in [0.2, 0.25) is 0 Å². The molecule has 1 N–H and O–H groups in total. The maximum Gasteiger partial charge on any atom is 0.198 e. The van der Waals surface area contributed by atoms with Gasteiger partial charge in [-0.2, -0.15) is 0 Å². The molecule has 1 saturated heterocycles. The van der Waals surface area contributed by atoms with Gasteiger partial charge in [-0.25, -0.2) is 0 Å². The summed E-state index contributed by atoms with van der Waals surface area (Å²) in [6.07, 6.45) is 1.12. The first kappa shape index (κ1) is 9.06. The third kappa shape index (κ3) is 1.58. The van der Waals surface area contributed by atoms with Crippen molar-refractivity contribution in [2.24, 2.45) is 0 Å². The van der Waals surface area contributed by atoms with E-state index in [0.29, 0.717) is 5.96 Å². The van der Waals surface area contributed by atoms with Gasteiger partial charge in [-0.1, -0.05) is 18.2 Å². The highest BCUT2D eigenvalue weighted by Gasteiger charge is 2.19. The van der Waals surface area contributed by atoms with Crippen LogP contribution in [0.4, 0.5) is 5.69 Å². The van der Waals surface area contributed by atoms with Crippen LogP contribution in [0.15, 0.2) is 30.3 Å². The van der Waals surface area contributed by atoms with Crippen molar-refractivity contribution < 1.29 is 0 Å². The number of para-hydroxylation sites is 1. The maximum atomic E-state index is 7.94. The summed E-state index contributed by atoms with van der Waals surface area (Å²) in [4.78, 5) is 4.03. The van der Waals surface area contributed by atoms with Gasteiger partial charge in [0.15, 0.2) is 5.96 Å². The molecule has 1 aromatic carbocycles. The van der Waals surface area contributed by atoms with Gasteiger partial charge >= 0.3 is 0 Å². The van der Waals surface area contributed by atoms with Crippen LogP contribution in [0.1, 0.15) is 6.42 Å². The summed E-state index contributed by atoms with van der Waals surface area (Å²) in [5.74, 6) is 0.599. The summed E-state index contributed by atoms with van der Waals surface area (Å²) in [5, 5.41) is 7.94. The van der Waals surface area contributed by atoms with E-state index < -0.39 is 0 Å². The van der Waals surface area contributed by atoms with Crippen LogP contribution in [0.3, 0.4) is 0 Å². The second kappa shape index (κ2) is 3.70.